The normalized spacial score (nSPS) is 12.0. The molecular formula is C15H24ClNO3. The van der Waals surface area contributed by atoms with E-state index in [2.05, 4.69) is 5.32 Å². The minimum absolute atomic E-state index is 0. The Morgan fingerprint density at radius 3 is 2.70 bits per heavy atom. The van der Waals surface area contributed by atoms with Crippen molar-refractivity contribution in [2.75, 3.05) is 26.8 Å². The number of halogens is 1. The molecule has 0 fully saturated rings. The van der Waals surface area contributed by atoms with Crippen molar-refractivity contribution < 1.29 is 14.6 Å². The molecule has 114 valence electrons. The first-order valence-electron chi connectivity index (χ1n) is 6.49. The fourth-order valence-electron chi connectivity index (χ4n) is 1.64. The van der Waals surface area contributed by atoms with Crippen molar-refractivity contribution in [1.82, 2.24) is 5.32 Å². The minimum Gasteiger partial charge on any atom is -0.493 e. The summed E-state index contributed by atoms with van der Waals surface area (Å²) in [5, 5.41) is 12.2. The van der Waals surface area contributed by atoms with Gasteiger partial charge in [0, 0.05) is 13.1 Å². The number of methoxy groups -OCH3 is 1. The van der Waals surface area contributed by atoms with Gasteiger partial charge in [0.15, 0.2) is 11.5 Å². The summed E-state index contributed by atoms with van der Waals surface area (Å²) in [6, 6.07) is 5.84. The number of aliphatic hydroxyl groups is 1. The lowest BCUT2D eigenvalue weighted by Gasteiger charge is -2.12. The van der Waals surface area contributed by atoms with Gasteiger partial charge in [0.1, 0.15) is 6.61 Å². The fourth-order valence-corrected chi connectivity index (χ4v) is 1.64. The summed E-state index contributed by atoms with van der Waals surface area (Å²) < 4.78 is 11.0. The summed E-state index contributed by atoms with van der Waals surface area (Å²) in [6.45, 7) is 5.51. The van der Waals surface area contributed by atoms with Crippen molar-refractivity contribution in [1.29, 1.82) is 0 Å². The van der Waals surface area contributed by atoms with Gasteiger partial charge in [-0.25, -0.2) is 0 Å². The van der Waals surface area contributed by atoms with Gasteiger partial charge in [-0.1, -0.05) is 18.2 Å². The Morgan fingerprint density at radius 1 is 1.35 bits per heavy atom. The third-order valence-electron chi connectivity index (χ3n) is 2.52. The molecule has 20 heavy (non-hydrogen) atoms. The van der Waals surface area contributed by atoms with Crippen LogP contribution in [-0.2, 0) is 0 Å². The monoisotopic (exact) mass is 301 g/mol. The molecule has 1 aromatic carbocycles. The van der Waals surface area contributed by atoms with Gasteiger partial charge < -0.3 is 19.9 Å². The second-order valence-corrected chi connectivity index (χ2v) is 4.31. The van der Waals surface area contributed by atoms with Crippen molar-refractivity contribution in [2.45, 2.75) is 20.0 Å². The van der Waals surface area contributed by atoms with Gasteiger partial charge in [0.25, 0.3) is 0 Å². The minimum atomic E-state index is -0.338. The molecule has 0 spiro atoms. The van der Waals surface area contributed by atoms with Crippen LogP contribution >= 0.6 is 12.4 Å². The lowest BCUT2D eigenvalue weighted by atomic mass is 10.2. The summed E-state index contributed by atoms with van der Waals surface area (Å²) in [4.78, 5) is 0. The molecule has 1 unspecified atom stereocenters. The Balaban J connectivity index is 0.00000361. The Hall–Kier alpha value is -1.23. The van der Waals surface area contributed by atoms with E-state index in [9.17, 15) is 0 Å². The SMILES string of the molecule is C/C=C/c1ccc(OCCNCC(C)O)c(OC)c1.Cl. The summed E-state index contributed by atoms with van der Waals surface area (Å²) in [7, 11) is 1.63. The largest absolute Gasteiger partial charge is 0.493 e. The lowest BCUT2D eigenvalue weighted by Crippen LogP contribution is -2.28. The Bertz CT molecular complexity index is 408. The molecule has 0 aliphatic heterocycles. The number of ether oxygens (including phenoxy) is 2. The maximum atomic E-state index is 9.10. The average Bonchev–Trinajstić information content (AvgIpc) is 2.39. The van der Waals surface area contributed by atoms with Crippen molar-refractivity contribution in [3.63, 3.8) is 0 Å². The number of benzene rings is 1. The van der Waals surface area contributed by atoms with Crippen molar-refractivity contribution in [3.05, 3.63) is 29.8 Å². The van der Waals surface area contributed by atoms with E-state index < -0.39 is 0 Å². The van der Waals surface area contributed by atoms with E-state index in [4.69, 9.17) is 14.6 Å². The summed E-state index contributed by atoms with van der Waals surface area (Å²) >= 11 is 0. The smallest absolute Gasteiger partial charge is 0.161 e. The fraction of sp³-hybridized carbons (Fsp3) is 0.467. The molecule has 5 heteroatoms. The zero-order chi connectivity index (χ0) is 14.1. The van der Waals surface area contributed by atoms with E-state index in [-0.39, 0.29) is 18.5 Å². The van der Waals surface area contributed by atoms with E-state index >= 15 is 0 Å². The first-order valence-corrected chi connectivity index (χ1v) is 6.49. The molecule has 0 heterocycles. The molecule has 0 bridgehead atoms. The predicted octanol–water partition coefficient (Wildman–Crippen LogP) is 2.50. The molecule has 0 aliphatic rings. The van der Waals surface area contributed by atoms with Crippen LogP contribution in [-0.4, -0.2) is 38.0 Å². The number of rotatable bonds is 8. The topological polar surface area (TPSA) is 50.7 Å². The van der Waals surface area contributed by atoms with Crippen LogP contribution in [0.5, 0.6) is 11.5 Å². The van der Waals surface area contributed by atoms with Crippen LogP contribution in [0.25, 0.3) is 6.08 Å². The van der Waals surface area contributed by atoms with Crippen LogP contribution in [0.3, 0.4) is 0 Å². The zero-order valence-corrected chi connectivity index (χ0v) is 13.1. The number of allylic oxidation sites excluding steroid dienone is 1. The van der Waals surface area contributed by atoms with Crippen LogP contribution in [0, 0.1) is 0 Å². The molecule has 0 saturated carbocycles. The van der Waals surface area contributed by atoms with Gasteiger partial charge in [0.05, 0.1) is 13.2 Å². The molecule has 0 aromatic heterocycles. The van der Waals surface area contributed by atoms with Crippen molar-refractivity contribution in [2.24, 2.45) is 0 Å². The highest BCUT2D eigenvalue weighted by Gasteiger charge is 2.04. The van der Waals surface area contributed by atoms with Crippen LogP contribution in [0.2, 0.25) is 0 Å². The Morgan fingerprint density at radius 2 is 2.10 bits per heavy atom. The number of aliphatic hydroxyl groups excluding tert-OH is 1. The molecule has 0 aliphatic carbocycles. The van der Waals surface area contributed by atoms with E-state index in [1.807, 2.05) is 37.3 Å². The maximum absolute atomic E-state index is 9.10. The lowest BCUT2D eigenvalue weighted by molar-refractivity contribution is 0.187. The third-order valence-corrected chi connectivity index (χ3v) is 2.52. The summed E-state index contributed by atoms with van der Waals surface area (Å²) in [5.41, 5.74) is 1.08. The van der Waals surface area contributed by atoms with E-state index in [1.54, 1.807) is 14.0 Å². The quantitative estimate of drug-likeness (QED) is 0.724. The first kappa shape index (κ1) is 18.8. The van der Waals surface area contributed by atoms with Crippen molar-refractivity contribution in [3.8, 4) is 11.5 Å². The molecule has 1 rings (SSSR count). The van der Waals surface area contributed by atoms with E-state index in [0.717, 1.165) is 17.1 Å². The molecule has 1 atom stereocenters. The third kappa shape index (κ3) is 6.80. The van der Waals surface area contributed by atoms with Gasteiger partial charge in [0.2, 0.25) is 0 Å². The van der Waals surface area contributed by atoms with E-state index in [0.29, 0.717) is 19.7 Å². The van der Waals surface area contributed by atoms with E-state index in [1.165, 1.54) is 0 Å². The van der Waals surface area contributed by atoms with Crippen molar-refractivity contribution >= 4 is 18.5 Å². The zero-order valence-electron chi connectivity index (χ0n) is 12.3. The predicted molar refractivity (Wildman–Crippen MR) is 85.0 cm³/mol. The molecular weight excluding hydrogens is 278 g/mol. The highest BCUT2D eigenvalue weighted by Crippen LogP contribution is 2.28. The second-order valence-electron chi connectivity index (χ2n) is 4.31. The number of hydrogen-bond donors (Lipinski definition) is 2. The van der Waals surface area contributed by atoms with Crippen LogP contribution in [0.15, 0.2) is 24.3 Å². The van der Waals surface area contributed by atoms with Crippen LogP contribution < -0.4 is 14.8 Å². The summed E-state index contributed by atoms with van der Waals surface area (Å²) in [6.07, 6.45) is 3.65. The van der Waals surface area contributed by atoms with Crippen LogP contribution in [0.4, 0.5) is 0 Å². The summed E-state index contributed by atoms with van der Waals surface area (Å²) in [5.74, 6) is 1.46. The molecule has 0 radical (unpaired) electrons. The van der Waals surface area contributed by atoms with Gasteiger partial charge >= 0.3 is 0 Å². The number of nitrogens with one attached hydrogen (secondary N) is 1. The molecule has 0 saturated heterocycles. The maximum Gasteiger partial charge on any atom is 0.161 e. The molecule has 2 N–H and O–H groups in total. The molecule has 4 nitrogen and oxygen atoms in total. The highest BCUT2D eigenvalue weighted by molar-refractivity contribution is 5.85. The van der Waals surface area contributed by atoms with Gasteiger partial charge in [-0.2, -0.15) is 0 Å². The first-order chi connectivity index (χ1) is 9.17. The van der Waals surface area contributed by atoms with Crippen LogP contribution in [0.1, 0.15) is 19.4 Å². The van der Waals surface area contributed by atoms with Gasteiger partial charge in [-0.3, -0.25) is 0 Å². The Kier molecular flexibility index (Phi) is 9.90. The van der Waals surface area contributed by atoms with Gasteiger partial charge in [-0.05, 0) is 31.5 Å². The standard InChI is InChI=1S/C15H23NO3.ClH/c1-4-5-13-6-7-14(15(10-13)18-3)19-9-8-16-11-12(2)17;/h4-7,10,12,16-17H,8-9,11H2,1-3H3;1H/b5-4+;. The number of hydrogen-bond acceptors (Lipinski definition) is 4. The Labute approximate surface area is 127 Å². The molecule has 0 amide bonds. The average molecular weight is 302 g/mol. The second kappa shape index (κ2) is 10.5. The molecule has 1 aromatic rings. The highest BCUT2D eigenvalue weighted by atomic mass is 35.5. The van der Waals surface area contributed by atoms with Gasteiger partial charge in [-0.15, -0.1) is 12.4 Å².